The van der Waals surface area contributed by atoms with Crippen molar-refractivity contribution in [3.05, 3.63) is 46.8 Å². The third-order valence-electron chi connectivity index (χ3n) is 4.74. The highest BCUT2D eigenvalue weighted by Gasteiger charge is 2.25. The van der Waals surface area contributed by atoms with Gasteiger partial charge in [0, 0.05) is 38.0 Å². The van der Waals surface area contributed by atoms with Gasteiger partial charge in [0.25, 0.3) is 5.91 Å². The first kappa shape index (κ1) is 18.6. The molecule has 6 heteroatoms. The summed E-state index contributed by atoms with van der Waals surface area (Å²) in [4.78, 5) is 12.7. The molecule has 1 aliphatic rings. The minimum Gasteiger partial charge on any atom is -0.383 e. The lowest BCUT2D eigenvalue weighted by Crippen LogP contribution is -2.33. The molecule has 2 N–H and O–H groups in total. The highest BCUT2D eigenvalue weighted by molar-refractivity contribution is 5.94. The first-order valence-corrected chi connectivity index (χ1v) is 9.36. The molecule has 0 atom stereocenters. The van der Waals surface area contributed by atoms with E-state index in [0.29, 0.717) is 18.8 Å². The molecule has 0 saturated heterocycles. The Balaban J connectivity index is 1.73. The summed E-state index contributed by atoms with van der Waals surface area (Å²) >= 11 is 0. The SMILES string of the molecule is COCCNCCNC(=O)c1nn(-c2ccc(C)cc2)c2c1CCCC2. The van der Waals surface area contributed by atoms with Gasteiger partial charge in [-0.2, -0.15) is 5.10 Å². The lowest BCUT2D eigenvalue weighted by Gasteiger charge is -2.14. The second-order valence-electron chi connectivity index (χ2n) is 6.73. The van der Waals surface area contributed by atoms with E-state index in [0.717, 1.165) is 50.0 Å². The molecule has 26 heavy (non-hydrogen) atoms. The average molecular weight is 356 g/mol. The van der Waals surface area contributed by atoms with Gasteiger partial charge in [-0.05, 0) is 44.7 Å². The second kappa shape index (κ2) is 8.96. The summed E-state index contributed by atoms with van der Waals surface area (Å²) in [6.07, 6.45) is 4.17. The van der Waals surface area contributed by atoms with Gasteiger partial charge in [-0.3, -0.25) is 4.79 Å². The van der Waals surface area contributed by atoms with Crippen molar-refractivity contribution < 1.29 is 9.53 Å². The summed E-state index contributed by atoms with van der Waals surface area (Å²) in [5.41, 5.74) is 5.12. The molecule has 1 aromatic carbocycles. The fraction of sp³-hybridized carbons (Fsp3) is 0.500. The van der Waals surface area contributed by atoms with E-state index in [1.165, 1.54) is 11.3 Å². The van der Waals surface area contributed by atoms with Crippen molar-refractivity contribution in [2.45, 2.75) is 32.6 Å². The van der Waals surface area contributed by atoms with Crippen LogP contribution in [0, 0.1) is 6.92 Å². The Kier molecular flexibility index (Phi) is 6.41. The molecule has 0 unspecified atom stereocenters. The van der Waals surface area contributed by atoms with Crippen molar-refractivity contribution in [3.8, 4) is 5.69 Å². The zero-order chi connectivity index (χ0) is 18.4. The number of ether oxygens (including phenoxy) is 1. The van der Waals surface area contributed by atoms with E-state index in [-0.39, 0.29) is 5.91 Å². The molecular formula is C20H28N4O2. The molecular weight excluding hydrogens is 328 g/mol. The zero-order valence-corrected chi connectivity index (χ0v) is 15.7. The first-order chi connectivity index (χ1) is 12.7. The number of hydrogen-bond acceptors (Lipinski definition) is 4. The minimum absolute atomic E-state index is 0.0810. The first-order valence-electron chi connectivity index (χ1n) is 9.36. The van der Waals surface area contributed by atoms with Crippen LogP contribution < -0.4 is 10.6 Å². The van der Waals surface area contributed by atoms with E-state index < -0.39 is 0 Å². The van der Waals surface area contributed by atoms with Crippen molar-refractivity contribution in [1.82, 2.24) is 20.4 Å². The smallest absolute Gasteiger partial charge is 0.272 e. The van der Waals surface area contributed by atoms with Crippen molar-refractivity contribution in [1.29, 1.82) is 0 Å². The molecule has 0 fully saturated rings. The number of fused-ring (bicyclic) bond motifs is 1. The summed E-state index contributed by atoms with van der Waals surface area (Å²) in [6.45, 7) is 4.82. The van der Waals surface area contributed by atoms with E-state index in [1.807, 2.05) is 4.68 Å². The van der Waals surface area contributed by atoms with E-state index >= 15 is 0 Å². The Morgan fingerprint density at radius 3 is 2.69 bits per heavy atom. The molecule has 0 spiro atoms. The Bertz CT molecular complexity index is 737. The Hall–Kier alpha value is -2.18. The number of benzene rings is 1. The highest BCUT2D eigenvalue weighted by atomic mass is 16.5. The summed E-state index contributed by atoms with van der Waals surface area (Å²) in [5, 5.41) is 10.9. The predicted octanol–water partition coefficient (Wildman–Crippen LogP) is 2.03. The molecule has 1 aliphatic carbocycles. The van der Waals surface area contributed by atoms with Crippen LogP contribution in [-0.4, -0.2) is 49.0 Å². The van der Waals surface area contributed by atoms with Gasteiger partial charge in [0.05, 0.1) is 12.3 Å². The maximum Gasteiger partial charge on any atom is 0.272 e. The van der Waals surface area contributed by atoms with Crippen LogP contribution in [0.3, 0.4) is 0 Å². The summed E-state index contributed by atoms with van der Waals surface area (Å²) in [5.74, 6) is -0.0810. The monoisotopic (exact) mass is 356 g/mol. The standard InChI is InChI=1S/C20H28N4O2/c1-15-7-9-16(10-8-15)24-18-6-4-3-5-17(18)19(23-24)20(25)22-12-11-21-13-14-26-2/h7-10,21H,3-6,11-14H2,1-2H3,(H,22,25). The molecule has 0 saturated carbocycles. The Morgan fingerprint density at radius 1 is 1.15 bits per heavy atom. The molecule has 0 radical (unpaired) electrons. The minimum atomic E-state index is -0.0810. The average Bonchev–Trinajstić information content (AvgIpc) is 3.05. The molecule has 3 rings (SSSR count). The number of aromatic nitrogens is 2. The molecule has 1 aromatic heterocycles. The van der Waals surface area contributed by atoms with Gasteiger partial charge in [-0.25, -0.2) is 4.68 Å². The van der Waals surface area contributed by atoms with Crippen LogP contribution in [0.5, 0.6) is 0 Å². The number of carbonyl (C=O) groups is 1. The maximum absolute atomic E-state index is 12.7. The quantitative estimate of drug-likeness (QED) is 0.710. The van der Waals surface area contributed by atoms with Crippen LogP contribution in [0.25, 0.3) is 5.69 Å². The third kappa shape index (κ3) is 4.31. The predicted molar refractivity (Wildman–Crippen MR) is 102 cm³/mol. The molecule has 1 amide bonds. The van der Waals surface area contributed by atoms with Gasteiger partial charge < -0.3 is 15.4 Å². The van der Waals surface area contributed by atoms with Crippen LogP contribution in [-0.2, 0) is 17.6 Å². The fourth-order valence-electron chi connectivity index (χ4n) is 3.33. The number of aryl methyl sites for hydroxylation is 1. The van der Waals surface area contributed by atoms with Gasteiger partial charge >= 0.3 is 0 Å². The van der Waals surface area contributed by atoms with Crippen LogP contribution in [0.4, 0.5) is 0 Å². The van der Waals surface area contributed by atoms with Crippen LogP contribution in [0.1, 0.15) is 40.2 Å². The zero-order valence-electron chi connectivity index (χ0n) is 15.7. The molecule has 1 heterocycles. The fourth-order valence-corrected chi connectivity index (χ4v) is 3.33. The van der Waals surface area contributed by atoms with Gasteiger partial charge in [0.15, 0.2) is 5.69 Å². The topological polar surface area (TPSA) is 68.2 Å². The lowest BCUT2D eigenvalue weighted by molar-refractivity contribution is 0.0947. The molecule has 0 bridgehead atoms. The number of nitrogens with zero attached hydrogens (tertiary/aromatic N) is 2. The summed E-state index contributed by atoms with van der Waals surface area (Å²) in [6, 6.07) is 8.30. The Labute approximate surface area is 154 Å². The van der Waals surface area contributed by atoms with Crippen molar-refractivity contribution in [3.63, 3.8) is 0 Å². The van der Waals surface area contributed by atoms with E-state index in [9.17, 15) is 4.79 Å². The van der Waals surface area contributed by atoms with Crippen LogP contribution in [0.15, 0.2) is 24.3 Å². The molecule has 0 aliphatic heterocycles. The van der Waals surface area contributed by atoms with Crippen molar-refractivity contribution in [2.75, 3.05) is 33.4 Å². The lowest BCUT2D eigenvalue weighted by atomic mass is 9.95. The number of rotatable bonds is 8. The van der Waals surface area contributed by atoms with Crippen LogP contribution in [0.2, 0.25) is 0 Å². The van der Waals surface area contributed by atoms with Crippen molar-refractivity contribution >= 4 is 5.91 Å². The van der Waals surface area contributed by atoms with Crippen LogP contribution >= 0.6 is 0 Å². The van der Waals surface area contributed by atoms with Gasteiger partial charge in [0.2, 0.25) is 0 Å². The van der Waals surface area contributed by atoms with Gasteiger partial charge in [-0.15, -0.1) is 0 Å². The summed E-state index contributed by atoms with van der Waals surface area (Å²) < 4.78 is 6.95. The number of hydrogen-bond donors (Lipinski definition) is 2. The third-order valence-corrected chi connectivity index (χ3v) is 4.74. The Morgan fingerprint density at radius 2 is 1.92 bits per heavy atom. The summed E-state index contributed by atoms with van der Waals surface area (Å²) in [7, 11) is 1.68. The number of carbonyl (C=O) groups excluding carboxylic acids is 1. The van der Waals surface area contributed by atoms with E-state index in [4.69, 9.17) is 4.74 Å². The van der Waals surface area contributed by atoms with E-state index in [1.54, 1.807) is 7.11 Å². The van der Waals surface area contributed by atoms with Gasteiger partial charge in [0.1, 0.15) is 0 Å². The number of amides is 1. The van der Waals surface area contributed by atoms with Gasteiger partial charge in [-0.1, -0.05) is 17.7 Å². The normalized spacial score (nSPS) is 13.5. The van der Waals surface area contributed by atoms with Crippen molar-refractivity contribution in [2.24, 2.45) is 0 Å². The molecule has 140 valence electrons. The van der Waals surface area contributed by atoms with E-state index in [2.05, 4.69) is 46.9 Å². The molecule has 2 aromatic rings. The maximum atomic E-state index is 12.7. The largest absolute Gasteiger partial charge is 0.383 e. The second-order valence-corrected chi connectivity index (χ2v) is 6.73. The number of nitrogens with one attached hydrogen (secondary N) is 2. The molecule has 6 nitrogen and oxygen atoms in total. The number of methoxy groups -OCH3 is 1. The highest BCUT2D eigenvalue weighted by Crippen LogP contribution is 2.27.